The lowest BCUT2D eigenvalue weighted by atomic mass is 9.95. The molecule has 0 radical (unpaired) electrons. The van der Waals surface area contributed by atoms with Gasteiger partial charge >= 0.3 is 0 Å². The third-order valence-electron chi connectivity index (χ3n) is 21.6. The highest BCUT2D eigenvalue weighted by molar-refractivity contribution is 6.01. The van der Waals surface area contributed by atoms with Crippen molar-refractivity contribution in [2.45, 2.75) is 261 Å². The van der Waals surface area contributed by atoms with E-state index in [0.717, 1.165) is 24.2 Å². The lowest BCUT2D eigenvalue weighted by Gasteiger charge is -2.32. The summed E-state index contributed by atoms with van der Waals surface area (Å²) in [5.41, 5.74) is 25.6. The number of carbonyl (C=O) groups is 13. The molecular formula is C86H136N20O18. The van der Waals surface area contributed by atoms with Crippen LogP contribution >= 0.6 is 0 Å². The predicted molar refractivity (Wildman–Crippen MR) is 463 cm³/mol. The Labute approximate surface area is 725 Å². The van der Waals surface area contributed by atoms with Gasteiger partial charge in [-0.05, 0) is 81.5 Å². The van der Waals surface area contributed by atoms with Crippen LogP contribution in [0.25, 0.3) is 10.9 Å². The van der Waals surface area contributed by atoms with Crippen LogP contribution in [0.1, 0.15) is 198 Å². The highest BCUT2D eigenvalue weighted by atomic mass is 16.6. The van der Waals surface area contributed by atoms with E-state index < -0.39 is 157 Å². The minimum Gasteiger partial charge on any atom is -0.390 e. The van der Waals surface area contributed by atoms with Gasteiger partial charge in [0.15, 0.2) is 5.96 Å². The highest BCUT2D eigenvalue weighted by Gasteiger charge is 2.52. The number of hydrogen-bond acceptors (Lipinski definition) is 21. The summed E-state index contributed by atoms with van der Waals surface area (Å²) in [7, 11) is 0. The first kappa shape index (κ1) is 102. The van der Waals surface area contributed by atoms with Gasteiger partial charge in [0.25, 0.3) is 0 Å². The number of unbranched alkanes of at least 4 members (excludes halogenated alkanes) is 13. The number of ether oxygens (including phenoxy) is 4. The first-order valence-corrected chi connectivity index (χ1v) is 44.1. The molecule has 4 heterocycles. The van der Waals surface area contributed by atoms with E-state index in [1.807, 2.05) is 13.0 Å². The Bertz CT molecular complexity index is 3950. The van der Waals surface area contributed by atoms with E-state index in [0.29, 0.717) is 80.0 Å². The predicted octanol–water partition coefficient (Wildman–Crippen LogP) is 0.892. The standard InChI is InChI=1S/C86H136N20O18/c1-3-5-7-8-9-10-11-12-13-14-15-16-20-33-71(108)94-41-43-122-45-47-124-49-48-123-46-44-121-42-37-73(110)98-69(52-59-54-92-56-97-59)83(118)102-65(36-38-87)80(115)100-63(29-6-4-2)78(113)103-66-34-35-72(109)93-39-24-23-31-62(76(88)111)99-82(117)68(51-58-53-96-61-30-22-21-28-60(58)61)104-79(114)64(32-25-40-95-86(90)91)101-81(116)67(50-57-26-18-17-19-27-57)105-84(119)75-74(77(89)112)70(107)55-106(75)85(66)120/h17-19,21-22,26-28,30,53-54,56,62-70,74-75,96,107H,3-16,20,23-25,29,31-52,55,87H2,1-2H3,(H2,88,111)(H2,89,112)(H,92,97)(H,93,109)(H,94,108)(H,98,110)(H,99,117)(H,100,115)(H,101,116)(H,102,118)(H,103,113)(H,104,114)(H,105,119)(H4,90,91,95)/t62-,63-,64-,65-,66-,67+,68-,69-,70-,74?,75-/m0/s1. The minimum absolute atomic E-state index is 0.0160. The van der Waals surface area contributed by atoms with Crippen molar-refractivity contribution in [2.24, 2.45) is 28.9 Å². The third kappa shape index (κ3) is 38.2. The summed E-state index contributed by atoms with van der Waals surface area (Å²) in [6.07, 6.45) is 18.6. The number of carbonyl (C=O) groups excluding carboxylic acids is 13. The zero-order valence-corrected chi connectivity index (χ0v) is 72.1. The van der Waals surface area contributed by atoms with E-state index in [2.05, 4.69) is 80.4 Å². The SMILES string of the molecule is CCCCCCCCCCCCCCCC(=O)NCCOCCOCCOCCOCCC(=O)N[C@@H](Cc1c[nH]cn1)C(=O)N[C@@H](CCN)C(=O)N[C@@H](CCCC)C(=O)N[C@H]1CCC(=O)NCCCC[C@@H](C(N)=O)NC(=O)[C@H](Cc2c[nH]c3ccccc23)NC(=O)[C@H](CCCNC(=N)N)NC(=O)[C@@H](Cc2ccccc2)NC(=O)[C@@H]2C(C(N)=O)[C@@H](O)CN2C1=O. The molecule has 6 rings (SSSR count). The summed E-state index contributed by atoms with van der Waals surface area (Å²) < 4.78 is 22.4. The molecule has 1 unspecified atom stereocenters. The van der Waals surface area contributed by atoms with Crippen molar-refractivity contribution in [3.05, 3.63) is 90.1 Å². The van der Waals surface area contributed by atoms with Crippen LogP contribution in [0.4, 0.5) is 0 Å². The van der Waals surface area contributed by atoms with Crippen molar-refractivity contribution in [3.8, 4) is 0 Å². The van der Waals surface area contributed by atoms with Crippen LogP contribution in [0.2, 0.25) is 0 Å². The van der Waals surface area contributed by atoms with E-state index >= 15 is 14.4 Å². The van der Waals surface area contributed by atoms with Crippen molar-refractivity contribution >= 4 is 93.7 Å². The number of aromatic amines is 2. The summed E-state index contributed by atoms with van der Waals surface area (Å²) in [6.45, 7) is 5.49. The zero-order valence-electron chi connectivity index (χ0n) is 72.1. The zero-order chi connectivity index (χ0) is 89.8. The number of hydrogen-bond donors (Lipinski definition) is 19. The van der Waals surface area contributed by atoms with E-state index in [-0.39, 0.29) is 129 Å². The quantitative estimate of drug-likeness (QED) is 0.0166. The van der Waals surface area contributed by atoms with E-state index in [1.165, 1.54) is 76.7 Å². The fraction of sp³-hybridized carbons (Fsp3) is 0.640. The molecule has 23 N–H and O–H groups in total. The molecule has 0 saturated carbocycles. The Morgan fingerprint density at radius 3 is 1.81 bits per heavy atom. The summed E-state index contributed by atoms with van der Waals surface area (Å²) in [4.78, 5) is 197. The van der Waals surface area contributed by atoms with Crippen LogP contribution in [-0.4, -0.2) is 254 Å². The number of aliphatic hydroxyl groups excluding tert-OH is 1. The summed E-state index contributed by atoms with van der Waals surface area (Å²) in [6, 6.07) is 1.60. The largest absolute Gasteiger partial charge is 0.390 e. The molecule has 124 heavy (non-hydrogen) atoms. The summed E-state index contributed by atoms with van der Waals surface area (Å²) in [5, 5.41) is 49.9. The Balaban J connectivity index is 1.10. The Kier molecular flexibility index (Phi) is 48.1. The van der Waals surface area contributed by atoms with E-state index in [1.54, 1.807) is 54.7 Å². The van der Waals surface area contributed by atoms with Gasteiger partial charge < -0.3 is 120 Å². The molecule has 2 saturated heterocycles. The maximum Gasteiger partial charge on any atom is 0.245 e. The monoisotopic (exact) mass is 1740 g/mol. The Hall–Kier alpha value is -10.7. The number of nitrogens with zero attached hydrogens (tertiary/aromatic N) is 2. The molecule has 4 aromatic rings. The topological polar surface area (TPSA) is 587 Å². The average Bonchev–Trinajstić information content (AvgIpc) is 1.63. The molecule has 38 nitrogen and oxygen atoms in total. The average molecular weight is 1740 g/mol. The van der Waals surface area contributed by atoms with Crippen molar-refractivity contribution in [3.63, 3.8) is 0 Å². The van der Waals surface area contributed by atoms with E-state index in [9.17, 15) is 53.1 Å². The lowest BCUT2D eigenvalue weighted by molar-refractivity contribution is -0.145. The van der Waals surface area contributed by atoms with Crippen molar-refractivity contribution in [1.29, 1.82) is 5.41 Å². The third-order valence-corrected chi connectivity index (χ3v) is 21.6. The molecule has 0 aliphatic carbocycles. The van der Waals surface area contributed by atoms with Crippen LogP contribution < -0.4 is 81.4 Å². The van der Waals surface area contributed by atoms with Gasteiger partial charge in [-0.1, -0.05) is 152 Å². The maximum atomic E-state index is 15.5. The number of para-hydroxylation sites is 1. The normalized spacial score (nSPS) is 19.7. The van der Waals surface area contributed by atoms with Crippen LogP contribution in [-0.2, 0) is 101 Å². The number of aromatic nitrogens is 3. The Morgan fingerprint density at radius 2 is 1.17 bits per heavy atom. The van der Waals surface area contributed by atoms with E-state index in [4.69, 9.17) is 47.3 Å². The first-order valence-electron chi connectivity index (χ1n) is 44.1. The first-order chi connectivity index (χ1) is 59.9. The fourth-order valence-corrected chi connectivity index (χ4v) is 14.8. The molecule has 2 aromatic heterocycles. The van der Waals surface area contributed by atoms with Crippen LogP contribution in [0.5, 0.6) is 0 Å². The second-order valence-electron chi connectivity index (χ2n) is 31.5. The maximum absolute atomic E-state index is 15.5. The van der Waals surface area contributed by atoms with Crippen LogP contribution in [0.15, 0.2) is 73.3 Å². The molecular weight excluding hydrogens is 1600 g/mol. The number of primary amides is 2. The molecule has 0 bridgehead atoms. The van der Waals surface area contributed by atoms with Crippen molar-refractivity contribution in [1.82, 2.24) is 78.3 Å². The van der Waals surface area contributed by atoms with Gasteiger partial charge in [-0.3, -0.25) is 67.7 Å². The molecule has 2 aromatic carbocycles. The second kappa shape index (κ2) is 58.5. The molecule has 2 fully saturated rings. The van der Waals surface area contributed by atoms with Gasteiger partial charge in [0, 0.05) is 88.0 Å². The number of aliphatic hydroxyl groups is 1. The number of fused-ring (bicyclic) bond motifs is 2. The molecule has 11 atom stereocenters. The molecule has 38 heteroatoms. The molecule has 0 spiro atoms. The number of H-pyrrole nitrogens is 2. The number of rotatable bonds is 53. The Morgan fingerprint density at radius 1 is 0.581 bits per heavy atom. The van der Waals surface area contributed by atoms with Gasteiger partial charge in [0.05, 0.1) is 76.9 Å². The smallest absolute Gasteiger partial charge is 0.245 e. The van der Waals surface area contributed by atoms with Crippen LogP contribution in [0.3, 0.4) is 0 Å². The van der Waals surface area contributed by atoms with Gasteiger partial charge in [-0.25, -0.2) is 4.98 Å². The number of imidazole rings is 1. The number of guanidine groups is 1. The molecule has 688 valence electrons. The second-order valence-corrected chi connectivity index (χ2v) is 31.5. The number of nitrogens with one attached hydrogen (secondary N) is 14. The van der Waals surface area contributed by atoms with Gasteiger partial charge in [-0.2, -0.15) is 0 Å². The van der Waals surface area contributed by atoms with Gasteiger partial charge in [0.2, 0.25) is 76.8 Å². The number of nitrogens with two attached hydrogens (primary N) is 4. The molecule has 2 aliphatic rings. The number of amides is 13. The number of benzene rings is 2. The summed E-state index contributed by atoms with van der Waals surface area (Å²) >= 11 is 0. The van der Waals surface area contributed by atoms with Gasteiger partial charge in [0.1, 0.15) is 54.4 Å². The molecule has 2 aliphatic heterocycles. The van der Waals surface area contributed by atoms with Gasteiger partial charge in [-0.15, -0.1) is 0 Å². The lowest BCUT2D eigenvalue weighted by Crippen LogP contribution is -2.61. The van der Waals surface area contributed by atoms with Crippen LogP contribution in [0, 0.1) is 11.3 Å². The molecule has 13 amide bonds. The fourth-order valence-electron chi connectivity index (χ4n) is 14.8. The van der Waals surface area contributed by atoms with Crippen molar-refractivity contribution < 1.29 is 86.4 Å². The minimum atomic E-state index is -2.01. The summed E-state index contributed by atoms with van der Waals surface area (Å²) in [5.74, 6) is -13.3. The van der Waals surface area contributed by atoms with Crippen molar-refractivity contribution in [2.75, 3.05) is 85.6 Å². The highest BCUT2D eigenvalue weighted by Crippen LogP contribution is 2.28.